The van der Waals surface area contributed by atoms with Crippen LogP contribution in [0.15, 0.2) is 30.3 Å². The standard InChI is InChI=1S/C14H20O3S/c1-14(2,3)17-13(16)10-18-9-12(15)11-7-5-4-6-8-11/h4-8,12,15H,9-10H2,1-3H3. The Bertz CT molecular complexity index is 370. The molecule has 1 aromatic carbocycles. The molecule has 1 N–H and O–H groups in total. The normalized spacial score (nSPS) is 13.1. The first-order valence-electron chi connectivity index (χ1n) is 5.91. The van der Waals surface area contributed by atoms with E-state index < -0.39 is 11.7 Å². The number of aliphatic hydroxyl groups excluding tert-OH is 1. The molecule has 1 atom stereocenters. The molecule has 1 aromatic rings. The van der Waals surface area contributed by atoms with E-state index in [2.05, 4.69) is 0 Å². The van der Waals surface area contributed by atoms with Gasteiger partial charge in [0.2, 0.25) is 0 Å². The lowest BCUT2D eigenvalue weighted by Crippen LogP contribution is -2.25. The number of thioether (sulfide) groups is 1. The van der Waals surface area contributed by atoms with E-state index in [9.17, 15) is 9.90 Å². The molecule has 18 heavy (non-hydrogen) atoms. The molecule has 0 aromatic heterocycles. The summed E-state index contributed by atoms with van der Waals surface area (Å²) in [6.45, 7) is 5.52. The highest BCUT2D eigenvalue weighted by Crippen LogP contribution is 2.18. The van der Waals surface area contributed by atoms with Crippen molar-refractivity contribution in [3.8, 4) is 0 Å². The number of aliphatic hydroxyl groups is 1. The quantitative estimate of drug-likeness (QED) is 0.834. The highest BCUT2D eigenvalue weighted by Gasteiger charge is 2.16. The average molecular weight is 268 g/mol. The van der Waals surface area contributed by atoms with Crippen LogP contribution in [-0.4, -0.2) is 28.2 Å². The van der Waals surface area contributed by atoms with Crippen LogP contribution >= 0.6 is 11.8 Å². The lowest BCUT2D eigenvalue weighted by Gasteiger charge is -2.19. The van der Waals surface area contributed by atoms with E-state index in [-0.39, 0.29) is 11.7 Å². The average Bonchev–Trinajstić information content (AvgIpc) is 2.27. The first-order valence-corrected chi connectivity index (χ1v) is 7.06. The molecule has 3 nitrogen and oxygen atoms in total. The van der Waals surface area contributed by atoms with Crippen LogP contribution in [0.5, 0.6) is 0 Å². The molecule has 0 heterocycles. The number of carbonyl (C=O) groups is 1. The summed E-state index contributed by atoms with van der Waals surface area (Å²) in [6, 6.07) is 9.43. The summed E-state index contributed by atoms with van der Waals surface area (Å²) in [5.41, 5.74) is 0.421. The Kier molecular flexibility index (Phi) is 5.69. The molecule has 0 saturated heterocycles. The molecule has 0 bridgehead atoms. The lowest BCUT2D eigenvalue weighted by molar-refractivity contribution is -0.151. The van der Waals surface area contributed by atoms with Crippen molar-refractivity contribution in [3.63, 3.8) is 0 Å². The van der Waals surface area contributed by atoms with Gasteiger partial charge in [0.1, 0.15) is 5.60 Å². The van der Waals surface area contributed by atoms with Crippen LogP contribution in [-0.2, 0) is 9.53 Å². The molecule has 0 saturated carbocycles. The van der Waals surface area contributed by atoms with Gasteiger partial charge in [-0.3, -0.25) is 4.79 Å². The molecule has 0 spiro atoms. The van der Waals surface area contributed by atoms with Crippen LogP contribution in [0, 0.1) is 0 Å². The van der Waals surface area contributed by atoms with Crippen molar-refractivity contribution in [1.82, 2.24) is 0 Å². The topological polar surface area (TPSA) is 46.5 Å². The predicted octanol–water partition coefficient (Wildman–Crippen LogP) is 2.79. The number of carbonyl (C=O) groups excluding carboxylic acids is 1. The van der Waals surface area contributed by atoms with Crippen molar-refractivity contribution < 1.29 is 14.6 Å². The second kappa shape index (κ2) is 6.81. The molecule has 1 rings (SSSR count). The van der Waals surface area contributed by atoms with Crippen LogP contribution in [0.4, 0.5) is 0 Å². The predicted molar refractivity (Wildman–Crippen MR) is 74.6 cm³/mol. The van der Waals surface area contributed by atoms with Crippen LogP contribution < -0.4 is 0 Å². The largest absolute Gasteiger partial charge is 0.459 e. The van der Waals surface area contributed by atoms with Crippen molar-refractivity contribution in [1.29, 1.82) is 0 Å². The zero-order valence-electron chi connectivity index (χ0n) is 11.1. The van der Waals surface area contributed by atoms with Gasteiger partial charge in [-0.25, -0.2) is 0 Å². The molecular formula is C14H20O3S. The van der Waals surface area contributed by atoms with Gasteiger partial charge in [-0.2, -0.15) is 0 Å². The molecule has 4 heteroatoms. The van der Waals surface area contributed by atoms with Crippen molar-refractivity contribution in [2.24, 2.45) is 0 Å². The van der Waals surface area contributed by atoms with E-state index >= 15 is 0 Å². The summed E-state index contributed by atoms with van der Waals surface area (Å²) in [5.74, 6) is 0.512. The molecule has 0 amide bonds. The van der Waals surface area contributed by atoms with Crippen molar-refractivity contribution in [2.45, 2.75) is 32.5 Å². The zero-order valence-corrected chi connectivity index (χ0v) is 11.9. The Balaban J connectivity index is 2.28. The minimum Gasteiger partial charge on any atom is -0.459 e. The summed E-state index contributed by atoms with van der Waals surface area (Å²) in [6.07, 6.45) is -0.543. The highest BCUT2D eigenvalue weighted by atomic mass is 32.2. The maximum Gasteiger partial charge on any atom is 0.316 e. The monoisotopic (exact) mass is 268 g/mol. The van der Waals surface area contributed by atoms with E-state index in [4.69, 9.17) is 4.74 Å². The summed E-state index contributed by atoms with van der Waals surface area (Å²) in [7, 11) is 0. The number of benzene rings is 1. The summed E-state index contributed by atoms with van der Waals surface area (Å²) >= 11 is 1.38. The van der Waals surface area contributed by atoms with Gasteiger partial charge in [0.25, 0.3) is 0 Å². The molecule has 100 valence electrons. The first kappa shape index (κ1) is 15.1. The Morgan fingerprint density at radius 3 is 2.50 bits per heavy atom. The molecular weight excluding hydrogens is 248 g/mol. The van der Waals surface area contributed by atoms with Gasteiger partial charge in [-0.1, -0.05) is 30.3 Å². The Labute approximate surface area is 113 Å². The molecule has 0 aliphatic heterocycles. The minimum absolute atomic E-state index is 0.243. The van der Waals surface area contributed by atoms with E-state index in [1.54, 1.807) is 0 Å². The van der Waals surface area contributed by atoms with Crippen molar-refractivity contribution >= 4 is 17.7 Å². The fraction of sp³-hybridized carbons (Fsp3) is 0.500. The number of ether oxygens (including phenoxy) is 1. The van der Waals surface area contributed by atoms with Gasteiger partial charge in [0.15, 0.2) is 0 Å². The molecule has 0 aliphatic rings. The van der Waals surface area contributed by atoms with Crippen molar-refractivity contribution in [3.05, 3.63) is 35.9 Å². The summed E-state index contributed by atoms with van der Waals surface area (Å²) in [5, 5.41) is 9.89. The van der Waals surface area contributed by atoms with Gasteiger partial charge >= 0.3 is 5.97 Å². The number of hydrogen-bond acceptors (Lipinski definition) is 4. The van der Waals surface area contributed by atoms with E-state index in [0.29, 0.717) is 5.75 Å². The SMILES string of the molecule is CC(C)(C)OC(=O)CSCC(O)c1ccccc1. The van der Waals surface area contributed by atoms with Crippen LogP contribution in [0.25, 0.3) is 0 Å². The molecule has 1 unspecified atom stereocenters. The smallest absolute Gasteiger partial charge is 0.316 e. The van der Waals surface area contributed by atoms with Gasteiger partial charge in [0.05, 0.1) is 11.9 Å². The van der Waals surface area contributed by atoms with Gasteiger partial charge < -0.3 is 9.84 Å². The lowest BCUT2D eigenvalue weighted by atomic mass is 10.1. The fourth-order valence-corrected chi connectivity index (χ4v) is 2.16. The first-order chi connectivity index (χ1) is 8.38. The third-order valence-electron chi connectivity index (χ3n) is 2.10. The third-order valence-corrected chi connectivity index (χ3v) is 3.09. The maximum atomic E-state index is 11.5. The van der Waals surface area contributed by atoms with Crippen LogP contribution in [0.1, 0.15) is 32.4 Å². The Morgan fingerprint density at radius 2 is 1.94 bits per heavy atom. The summed E-state index contributed by atoms with van der Waals surface area (Å²) < 4.78 is 5.18. The maximum absolute atomic E-state index is 11.5. The summed E-state index contributed by atoms with van der Waals surface area (Å²) in [4.78, 5) is 11.5. The van der Waals surface area contributed by atoms with Crippen LogP contribution in [0.2, 0.25) is 0 Å². The highest BCUT2D eigenvalue weighted by molar-refractivity contribution is 7.99. The minimum atomic E-state index is -0.543. The van der Waals surface area contributed by atoms with Crippen molar-refractivity contribution in [2.75, 3.05) is 11.5 Å². The van der Waals surface area contributed by atoms with Crippen LogP contribution in [0.3, 0.4) is 0 Å². The number of hydrogen-bond donors (Lipinski definition) is 1. The fourth-order valence-electron chi connectivity index (χ4n) is 1.40. The van der Waals surface area contributed by atoms with E-state index in [0.717, 1.165) is 5.56 Å². The Morgan fingerprint density at radius 1 is 1.33 bits per heavy atom. The van der Waals surface area contributed by atoms with Gasteiger partial charge in [0, 0.05) is 5.75 Å². The Hall–Kier alpha value is -1.00. The van der Waals surface area contributed by atoms with Gasteiger partial charge in [-0.05, 0) is 26.3 Å². The zero-order chi connectivity index (χ0) is 13.6. The second-order valence-electron chi connectivity index (χ2n) is 5.03. The number of rotatable bonds is 5. The number of esters is 1. The second-order valence-corrected chi connectivity index (χ2v) is 6.06. The molecule has 0 radical (unpaired) electrons. The third kappa shape index (κ3) is 6.07. The van der Waals surface area contributed by atoms with Gasteiger partial charge in [-0.15, -0.1) is 11.8 Å². The molecule has 0 fully saturated rings. The molecule has 0 aliphatic carbocycles. The van der Waals surface area contributed by atoms with E-state index in [1.165, 1.54) is 11.8 Å². The van der Waals surface area contributed by atoms with E-state index in [1.807, 2.05) is 51.1 Å².